The van der Waals surface area contributed by atoms with E-state index in [2.05, 4.69) is 52.5 Å². The van der Waals surface area contributed by atoms with Crippen molar-refractivity contribution in [2.24, 2.45) is 0 Å². The summed E-state index contributed by atoms with van der Waals surface area (Å²) in [7, 11) is 0. The number of nitrogens with one attached hydrogen (secondary N) is 2. The largest absolute Gasteiger partial charge is 0.467 e. The van der Waals surface area contributed by atoms with Crippen LogP contribution < -0.4 is 15.5 Å². The van der Waals surface area contributed by atoms with Gasteiger partial charge in [-0.1, -0.05) is 12.1 Å². The molecule has 27 heavy (non-hydrogen) atoms. The Morgan fingerprint density at radius 2 is 1.85 bits per heavy atom. The van der Waals surface area contributed by atoms with Gasteiger partial charge in [0.2, 0.25) is 5.91 Å². The van der Waals surface area contributed by atoms with Crippen LogP contribution >= 0.6 is 0 Å². The monoisotopic (exact) mass is 370 g/mol. The molecule has 3 amide bonds. The first kappa shape index (κ1) is 19.0. The molecule has 0 aliphatic carbocycles. The third-order valence-electron chi connectivity index (χ3n) is 4.91. The summed E-state index contributed by atoms with van der Waals surface area (Å²) in [5, 5.41) is 4.97. The van der Waals surface area contributed by atoms with E-state index in [-0.39, 0.29) is 19.0 Å². The summed E-state index contributed by atoms with van der Waals surface area (Å²) < 4.78 is 5.13. The van der Waals surface area contributed by atoms with Crippen molar-refractivity contribution in [2.45, 2.75) is 20.4 Å². The van der Waals surface area contributed by atoms with Crippen LogP contribution in [0.2, 0.25) is 0 Å². The van der Waals surface area contributed by atoms with E-state index in [1.54, 1.807) is 12.1 Å². The molecule has 0 bridgehead atoms. The van der Waals surface area contributed by atoms with Crippen LogP contribution in [0.5, 0.6) is 0 Å². The number of aryl methyl sites for hydroxylation is 1. The third-order valence-corrected chi connectivity index (χ3v) is 4.91. The summed E-state index contributed by atoms with van der Waals surface area (Å²) in [6, 6.07) is 9.35. The lowest BCUT2D eigenvalue weighted by molar-refractivity contribution is -0.121. The Morgan fingerprint density at radius 1 is 1.07 bits per heavy atom. The van der Waals surface area contributed by atoms with Crippen molar-refractivity contribution in [1.82, 2.24) is 15.5 Å². The van der Waals surface area contributed by atoms with Gasteiger partial charge >= 0.3 is 6.03 Å². The van der Waals surface area contributed by atoms with Crippen LogP contribution in [0.15, 0.2) is 41.0 Å². The molecular formula is C20H26N4O3. The van der Waals surface area contributed by atoms with Gasteiger partial charge in [0.1, 0.15) is 5.76 Å². The van der Waals surface area contributed by atoms with E-state index in [1.807, 2.05) is 0 Å². The lowest BCUT2D eigenvalue weighted by Crippen LogP contribution is -2.51. The smallest absolute Gasteiger partial charge is 0.321 e. The highest BCUT2D eigenvalue weighted by Gasteiger charge is 2.21. The van der Waals surface area contributed by atoms with Crippen LogP contribution in [0.25, 0.3) is 0 Å². The molecule has 3 rings (SSSR count). The van der Waals surface area contributed by atoms with Crippen molar-refractivity contribution in [1.29, 1.82) is 0 Å². The summed E-state index contributed by atoms with van der Waals surface area (Å²) in [4.78, 5) is 28.3. The highest BCUT2D eigenvalue weighted by molar-refractivity contribution is 5.95. The van der Waals surface area contributed by atoms with E-state index in [4.69, 9.17) is 4.42 Å². The van der Waals surface area contributed by atoms with E-state index in [9.17, 15) is 9.59 Å². The zero-order chi connectivity index (χ0) is 19.2. The number of carbonyl (C=O) groups is 2. The average Bonchev–Trinajstić information content (AvgIpc) is 3.17. The number of hydrogen-bond acceptors (Lipinski definition) is 5. The Morgan fingerprint density at radius 3 is 2.56 bits per heavy atom. The Balaban J connectivity index is 1.41. The Kier molecular flexibility index (Phi) is 6.13. The van der Waals surface area contributed by atoms with Crippen LogP contribution in [0.4, 0.5) is 10.5 Å². The van der Waals surface area contributed by atoms with Gasteiger partial charge in [0.25, 0.3) is 0 Å². The lowest BCUT2D eigenvalue weighted by atomic mass is 10.1. The molecule has 2 aromatic rings. The highest BCUT2D eigenvalue weighted by atomic mass is 16.3. The Hall–Kier alpha value is -2.80. The number of urea groups is 1. The number of piperazine rings is 1. The SMILES string of the molecule is Cc1cccc(N2CCN(CC(=O)NC(=O)NCc3ccco3)CC2)c1C. The first-order valence-electron chi connectivity index (χ1n) is 9.16. The van der Waals surface area contributed by atoms with Crippen molar-refractivity contribution in [3.8, 4) is 0 Å². The molecule has 2 N–H and O–H groups in total. The van der Waals surface area contributed by atoms with E-state index in [0.29, 0.717) is 5.76 Å². The predicted octanol–water partition coefficient (Wildman–Crippen LogP) is 2.04. The first-order chi connectivity index (χ1) is 13.0. The summed E-state index contributed by atoms with van der Waals surface area (Å²) in [6.07, 6.45) is 1.54. The van der Waals surface area contributed by atoms with E-state index >= 15 is 0 Å². The van der Waals surface area contributed by atoms with Gasteiger partial charge in [-0.2, -0.15) is 0 Å². The molecule has 0 unspecified atom stereocenters. The molecule has 1 aliphatic rings. The van der Waals surface area contributed by atoms with Crippen molar-refractivity contribution >= 4 is 17.6 Å². The van der Waals surface area contributed by atoms with Crippen LogP contribution in [0.3, 0.4) is 0 Å². The number of nitrogens with zero attached hydrogens (tertiary/aromatic N) is 2. The maximum Gasteiger partial charge on any atom is 0.321 e. The molecule has 0 spiro atoms. The summed E-state index contributed by atoms with van der Waals surface area (Å²) in [6.45, 7) is 8.03. The van der Waals surface area contributed by atoms with E-state index < -0.39 is 6.03 Å². The quantitative estimate of drug-likeness (QED) is 0.842. The second kappa shape index (κ2) is 8.73. The molecule has 1 aromatic carbocycles. The number of hydrogen-bond donors (Lipinski definition) is 2. The molecule has 0 saturated carbocycles. The minimum atomic E-state index is -0.509. The lowest BCUT2D eigenvalue weighted by Gasteiger charge is -2.36. The summed E-state index contributed by atoms with van der Waals surface area (Å²) in [5.74, 6) is 0.340. The molecule has 2 heterocycles. The molecule has 1 aromatic heterocycles. The normalized spacial score (nSPS) is 14.8. The fourth-order valence-corrected chi connectivity index (χ4v) is 3.22. The van der Waals surface area contributed by atoms with Gasteiger partial charge in [-0.15, -0.1) is 0 Å². The first-order valence-corrected chi connectivity index (χ1v) is 9.16. The molecular weight excluding hydrogens is 344 g/mol. The van der Waals surface area contributed by atoms with Gasteiger partial charge in [0.15, 0.2) is 0 Å². The van der Waals surface area contributed by atoms with Crippen LogP contribution in [0.1, 0.15) is 16.9 Å². The van der Waals surface area contributed by atoms with Gasteiger partial charge in [0.05, 0.1) is 19.4 Å². The van der Waals surface area contributed by atoms with Gasteiger partial charge in [-0.25, -0.2) is 4.79 Å². The van der Waals surface area contributed by atoms with Gasteiger partial charge in [-0.05, 0) is 43.2 Å². The second-order valence-electron chi connectivity index (χ2n) is 6.79. The molecule has 1 saturated heterocycles. The zero-order valence-electron chi connectivity index (χ0n) is 15.8. The molecule has 1 aliphatic heterocycles. The van der Waals surface area contributed by atoms with Crippen LogP contribution in [-0.2, 0) is 11.3 Å². The molecule has 0 radical (unpaired) electrons. The van der Waals surface area contributed by atoms with Crippen molar-refractivity contribution in [3.63, 3.8) is 0 Å². The number of imide groups is 1. The molecule has 1 fully saturated rings. The van der Waals surface area contributed by atoms with E-state index in [0.717, 1.165) is 26.2 Å². The van der Waals surface area contributed by atoms with Crippen molar-refractivity contribution in [3.05, 3.63) is 53.5 Å². The minimum Gasteiger partial charge on any atom is -0.467 e. The number of furan rings is 1. The fourth-order valence-electron chi connectivity index (χ4n) is 3.22. The molecule has 7 heteroatoms. The number of amides is 3. The Labute approximate surface area is 159 Å². The van der Waals surface area contributed by atoms with Gasteiger partial charge < -0.3 is 14.6 Å². The summed E-state index contributed by atoms with van der Waals surface area (Å²) >= 11 is 0. The van der Waals surface area contributed by atoms with E-state index in [1.165, 1.54) is 23.1 Å². The maximum absolute atomic E-state index is 12.1. The number of carbonyl (C=O) groups excluding carboxylic acids is 2. The van der Waals surface area contributed by atoms with Crippen molar-refractivity contribution in [2.75, 3.05) is 37.6 Å². The number of rotatable bonds is 5. The number of anilines is 1. The molecule has 144 valence electrons. The minimum absolute atomic E-state index is 0.217. The topological polar surface area (TPSA) is 77.8 Å². The van der Waals surface area contributed by atoms with Crippen LogP contribution in [-0.4, -0.2) is 49.6 Å². The summed E-state index contributed by atoms with van der Waals surface area (Å²) in [5.41, 5.74) is 3.85. The average molecular weight is 370 g/mol. The third kappa shape index (κ3) is 5.10. The maximum atomic E-state index is 12.1. The predicted molar refractivity (Wildman–Crippen MR) is 104 cm³/mol. The number of benzene rings is 1. The van der Waals surface area contributed by atoms with Crippen LogP contribution in [0, 0.1) is 13.8 Å². The fraction of sp³-hybridized carbons (Fsp3) is 0.400. The van der Waals surface area contributed by atoms with Crippen molar-refractivity contribution < 1.29 is 14.0 Å². The zero-order valence-corrected chi connectivity index (χ0v) is 15.8. The molecule has 7 nitrogen and oxygen atoms in total. The van der Waals surface area contributed by atoms with Gasteiger partial charge in [0, 0.05) is 31.9 Å². The Bertz CT molecular complexity index is 781. The highest BCUT2D eigenvalue weighted by Crippen LogP contribution is 2.23. The standard InChI is InChI=1S/C20H26N4O3/c1-15-5-3-7-18(16(15)2)24-10-8-23(9-11-24)14-19(25)22-20(26)21-13-17-6-4-12-27-17/h3-7,12H,8-11,13-14H2,1-2H3,(H2,21,22,25,26). The van der Waals surface area contributed by atoms with Gasteiger partial charge in [-0.3, -0.25) is 15.0 Å². The molecule has 0 atom stereocenters. The second-order valence-corrected chi connectivity index (χ2v) is 6.79.